The standard InChI is InChI=1S/C24H26N2O4/c1-15(27)17-6-4-10-21(13-17)25-23(29)19-8-3-9-20(12-19)24(30)26-22-11-5-7-18(14-22)16(2)28/h4-7,10-11,13-14,19-20H,3,8-9,12H2,1-2H3,(H,25,29)(H,26,30)/t19-,20-/m1/s1. The largest absolute Gasteiger partial charge is 0.326 e. The summed E-state index contributed by atoms with van der Waals surface area (Å²) < 4.78 is 0. The van der Waals surface area contributed by atoms with Crippen LogP contribution in [0.15, 0.2) is 48.5 Å². The third kappa shape index (κ3) is 5.41. The van der Waals surface area contributed by atoms with Gasteiger partial charge in [-0.05, 0) is 57.4 Å². The van der Waals surface area contributed by atoms with Crippen LogP contribution in [-0.4, -0.2) is 23.4 Å². The van der Waals surface area contributed by atoms with Crippen LogP contribution in [0.25, 0.3) is 0 Å². The van der Waals surface area contributed by atoms with E-state index in [2.05, 4.69) is 10.6 Å². The monoisotopic (exact) mass is 406 g/mol. The fraction of sp³-hybridized carbons (Fsp3) is 0.333. The Bertz CT molecular complexity index is 905. The molecule has 2 N–H and O–H groups in total. The number of Topliss-reactive ketones (excluding diaryl/α,β-unsaturated/α-hetero) is 2. The first-order chi connectivity index (χ1) is 14.3. The van der Waals surface area contributed by atoms with E-state index >= 15 is 0 Å². The van der Waals surface area contributed by atoms with Crippen molar-refractivity contribution in [2.45, 2.75) is 39.5 Å². The van der Waals surface area contributed by atoms with Gasteiger partial charge in [0.15, 0.2) is 11.6 Å². The summed E-state index contributed by atoms with van der Waals surface area (Å²) in [7, 11) is 0. The average Bonchev–Trinajstić information content (AvgIpc) is 2.74. The first-order valence-corrected chi connectivity index (χ1v) is 10.2. The van der Waals surface area contributed by atoms with Crippen LogP contribution in [0.5, 0.6) is 0 Å². The maximum atomic E-state index is 12.7. The smallest absolute Gasteiger partial charge is 0.227 e. The van der Waals surface area contributed by atoms with E-state index in [1.807, 2.05) is 0 Å². The van der Waals surface area contributed by atoms with Gasteiger partial charge in [0.2, 0.25) is 11.8 Å². The van der Waals surface area contributed by atoms with Crippen molar-refractivity contribution in [2.24, 2.45) is 11.8 Å². The molecular weight excluding hydrogens is 380 g/mol. The van der Waals surface area contributed by atoms with Crippen molar-refractivity contribution in [3.8, 4) is 0 Å². The average molecular weight is 406 g/mol. The fourth-order valence-corrected chi connectivity index (χ4v) is 3.79. The molecule has 6 nitrogen and oxygen atoms in total. The number of nitrogens with one attached hydrogen (secondary N) is 2. The molecule has 1 saturated carbocycles. The molecule has 0 saturated heterocycles. The molecule has 0 bridgehead atoms. The molecule has 2 amide bonds. The molecule has 3 rings (SSSR count). The molecule has 0 heterocycles. The maximum Gasteiger partial charge on any atom is 0.227 e. The van der Waals surface area contributed by atoms with Gasteiger partial charge in [-0.15, -0.1) is 0 Å². The first kappa shape index (κ1) is 21.4. The van der Waals surface area contributed by atoms with Crippen molar-refractivity contribution >= 4 is 34.8 Å². The second kappa shape index (κ2) is 9.48. The lowest BCUT2D eigenvalue weighted by Gasteiger charge is -2.27. The highest BCUT2D eigenvalue weighted by molar-refractivity contribution is 5.99. The van der Waals surface area contributed by atoms with Gasteiger partial charge in [-0.3, -0.25) is 19.2 Å². The third-order valence-electron chi connectivity index (χ3n) is 5.49. The van der Waals surface area contributed by atoms with Crippen molar-refractivity contribution in [3.63, 3.8) is 0 Å². The van der Waals surface area contributed by atoms with E-state index in [-0.39, 0.29) is 35.2 Å². The second-order valence-electron chi connectivity index (χ2n) is 7.81. The summed E-state index contributed by atoms with van der Waals surface area (Å²) in [5, 5.41) is 5.75. The highest BCUT2D eigenvalue weighted by atomic mass is 16.2. The van der Waals surface area contributed by atoms with Crippen LogP contribution in [0.1, 0.15) is 60.2 Å². The zero-order valence-electron chi connectivity index (χ0n) is 17.2. The lowest BCUT2D eigenvalue weighted by Crippen LogP contribution is -2.33. The van der Waals surface area contributed by atoms with Crippen molar-refractivity contribution in [1.29, 1.82) is 0 Å². The summed E-state index contributed by atoms with van der Waals surface area (Å²) in [6, 6.07) is 13.7. The van der Waals surface area contributed by atoms with Gasteiger partial charge in [-0.25, -0.2) is 0 Å². The van der Waals surface area contributed by atoms with E-state index in [4.69, 9.17) is 0 Å². The van der Waals surface area contributed by atoms with Gasteiger partial charge in [0.1, 0.15) is 0 Å². The third-order valence-corrected chi connectivity index (χ3v) is 5.49. The van der Waals surface area contributed by atoms with Crippen LogP contribution in [0.2, 0.25) is 0 Å². The number of hydrogen-bond acceptors (Lipinski definition) is 4. The summed E-state index contributed by atoms with van der Waals surface area (Å²) in [4.78, 5) is 48.5. The summed E-state index contributed by atoms with van der Waals surface area (Å²) in [6.45, 7) is 2.97. The Morgan fingerprint density at radius 3 is 1.57 bits per heavy atom. The molecule has 156 valence electrons. The molecular formula is C24H26N2O4. The quantitative estimate of drug-likeness (QED) is 0.692. The van der Waals surface area contributed by atoms with Crippen molar-refractivity contribution in [3.05, 3.63) is 59.7 Å². The van der Waals surface area contributed by atoms with Gasteiger partial charge in [0.25, 0.3) is 0 Å². The van der Waals surface area contributed by atoms with Gasteiger partial charge in [-0.2, -0.15) is 0 Å². The Kier molecular flexibility index (Phi) is 6.77. The maximum absolute atomic E-state index is 12.7. The number of carbonyl (C=O) groups excluding carboxylic acids is 4. The molecule has 2 aromatic carbocycles. The van der Waals surface area contributed by atoms with Crippen LogP contribution in [-0.2, 0) is 9.59 Å². The van der Waals surface area contributed by atoms with Crippen LogP contribution in [0.3, 0.4) is 0 Å². The molecule has 2 atom stereocenters. The van der Waals surface area contributed by atoms with E-state index < -0.39 is 0 Å². The van der Waals surface area contributed by atoms with Gasteiger partial charge in [0.05, 0.1) is 0 Å². The Morgan fingerprint density at radius 1 is 0.733 bits per heavy atom. The van der Waals surface area contributed by atoms with E-state index in [9.17, 15) is 19.2 Å². The minimum atomic E-state index is -0.265. The molecule has 1 aliphatic rings. The van der Waals surface area contributed by atoms with Gasteiger partial charge >= 0.3 is 0 Å². The molecule has 0 aromatic heterocycles. The molecule has 2 aromatic rings. The number of rotatable bonds is 6. The van der Waals surface area contributed by atoms with Crippen LogP contribution in [0.4, 0.5) is 11.4 Å². The van der Waals surface area contributed by atoms with Crippen LogP contribution in [0, 0.1) is 11.8 Å². The number of anilines is 2. The molecule has 6 heteroatoms. The molecule has 0 aliphatic heterocycles. The number of carbonyl (C=O) groups is 4. The Hall–Kier alpha value is -3.28. The lowest BCUT2D eigenvalue weighted by molar-refractivity contribution is -0.124. The van der Waals surface area contributed by atoms with E-state index in [0.29, 0.717) is 28.9 Å². The Labute approximate surface area is 176 Å². The zero-order valence-corrected chi connectivity index (χ0v) is 17.2. The highest BCUT2D eigenvalue weighted by Crippen LogP contribution is 2.31. The summed E-state index contributed by atoms with van der Waals surface area (Å²) in [6.07, 6.45) is 2.71. The predicted octanol–water partition coefficient (Wildman–Crippen LogP) is 4.48. The topological polar surface area (TPSA) is 92.3 Å². The minimum Gasteiger partial charge on any atom is -0.326 e. The van der Waals surface area contributed by atoms with Crippen molar-refractivity contribution in [2.75, 3.05) is 10.6 Å². The van der Waals surface area contributed by atoms with Crippen LogP contribution < -0.4 is 10.6 Å². The lowest BCUT2D eigenvalue weighted by atomic mass is 9.80. The molecule has 0 radical (unpaired) electrons. The van der Waals surface area contributed by atoms with Crippen molar-refractivity contribution in [1.82, 2.24) is 0 Å². The minimum absolute atomic E-state index is 0.0608. The summed E-state index contributed by atoms with van der Waals surface area (Å²) in [5.41, 5.74) is 2.25. The van der Waals surface area contributed by atoms with E-state index in [1.165, 1.54) is 13.8 Å². The zero-order chi connectivity index (χ0) is 21.7. The number of hydrogen-bond donors (Lipinski definition) is 2. The highest BCUT2D eigenvalue weighted by Gasteiger charge is 2.31. The Balaban J connectivity index is 1.61. The molecule has 1 fully saturated rings. The number of ketones is 2. The van der Waals surface area contributed by atoms with Gasteiger partial charge in [-0.1, -0.05) is 30.7 Å². The van der Waals surface area contributed by atoms with Crippen LogP contribution >= 0.6 is 0 Å². The number of benzene rings is 2. The number of amides is 2. The second-order valence-corrected chi connectivity index (χ2v) is 7.81. The fourth-order valence-electron chi connectivity index (χ4n) is 3.79. The first-order valence-electron chi connectivity index (χ1n) is 10.2. The molecule has 1 aliphatic carbocycles. The van der Waals surface area contributed by atoms with E-state index in [1.54, 1.807) is 48.5 Å². The predicted molar refractivity (Wildman–Crippen MR) is 116 cm³/mol. The molecule has 30 heavy (non-hydrogen) atoms. The molecule has 0 spiro atoms. The van der Waals surface area contributed by atoms with E-state index in [0.717, 1.165) is 19.3 Å². The normalized spacial score (nSPS) is 18.3. The summed E-state index contributed by atoms with van der Waals surface area (Å²) in [5.74, 6) is -0.916. The van der Waals surface area contributed by atoms with Gasteiger partial charge in [0, 0.05) is 34.3 Å². The van der Waals surface area contributed by atoms with Gasteiger partial charge < -0.3 is 10.6 Å². The van der Waals surface area contributed by atoms with Crippen molar-refractivity contribution < 1.29 is 19.2 Å². The SMILES string of the molecule is CC(=O)c1cccc(NC(=O)[C@@H]2CCC[C@@H](C(=O)Nc3cccc(C(C)=O)c3)C2)c1. The summed E-state index contributed by atoms with van der Waals surface area (Å²) >= 11 is 0. The molecule has 0 unspecified atom stereocenters. The Morgan fingerprint density at radius 2 is 1.17 bits per heavy atom.